The number of ether oxygens (including phenoxy) is 3. The highest BCUT2D eigenvalue weighted by Crippen LogP contribution is 2.42. The molecule has 1 aliphatic rings. The molecular weight excluding hydrogens is 527 g/mol. The third-order valence-electron chi connectivity index (χ3n) is 5.84. The Bertz CT molecular complexity index is 1390. The van der Waals surface area contributed by atoms with Gasteiger partial charge >= 0.3 is 21.6 Å². The number of nitrogens with one attached hydrogen (secondary N) is 1. The normalized spacial score (nSPS) is 16.2. The van der Waals surface area contributed by atoms with Crippen molar-refractivity contribution >= 4 is 26.9 Å². The van der Waals surface area contributed by atoms with Crippen LogP contribution in [0.3, 0.4) is 0 Å². The van der Waals surface area contributed by atoms with Crippen LogP contribution in [0.15, 0.2) is 54.6 Å². The number of carbonyl (C=O) groups is 1. The van der Waals surface area contributed by atoms with Gasteiger partial charge in [0.25, 0.3) is 0 Å². The van der Waals surface area contributed by atoms with E-state index >= 15 is 0 Å². The van der Waals surface area contributed by atoms with Crippen LogP contribution in [0.5, 0.6) is 28.7 Å². The first-order valence-corrected chi connectivity index (χ1v) is 13.3. The van der Waals surface area contributed by atoms with E-state index in [4.69, 9.17) is 14.2 Å². The van der Waals surface area contributed by atoms with E-state index in [2.05, 4.69) is 9.50 Å². The second kappa shape index (κ2) is 11.5. The van der Waals surface area contributed by atoms with E-state index in [1.807, 2.05) is 0 Å². The van der Waals surface area contributed by atoms with Crippen LogP contribution >= 0.6 is 0 Å². The smallest absolute Gasteiger partial charge is 0.494 e. The second-order valence-corrected chi connectivity index (χ2v) is 10.2. The highest BCUT2D eigenvalue weighted by molar-refractivity contribution is 7.88. The standard InChI is InChI=1S/C26H26F3NO7S/c1-17(31)35-22-10-11-23-18(16-22)5-12-24(37-38(32,33)26(27,28)29)25(23)36-21-8-6-20(7-9-21)34-15-13-19-4-2-3-14-30-19/h5-12,16,19,30H,2-4,13-15H2,1H3. The van der Waals surface area contributed by atoms with Crippen molar-refractivity contribution in [3.63, 3.8) is 0 Å². The summed E-state index contributed by atoms with van der Waals surface area (Å²) in [5.41, 5.74) is -5.63. The molecule has 0 aliphatic carbocycles. The average Bonchev–Trinajstić information content (AvgIpc) is 2.86. The predicted octanol–water partition coefficient (Wildman–Crippen LogP) is 5.70. The van der Waals surface area contributed by atoms with E-state index in [1.54, 1.807) is 24.3 Å². The Morgan fingerprint density at radius 1 is 1.00 bits per heavy atom. The molecule has 4 rings (SSSR count). The predicted molar refractivity (Wildman–Crippen MR) is 133 cm³/mol. The molecule has 1 fully saturated rings. The van der Waals surface area contributed by atoms with Crippen molar-refractivity contribution in [2.75, 3.05) is 13.2 Å². The lowest BCUT2D eigenvalue weighted by Gasteiger charge is -2.23. The molecule has 0 radical (unpaired) electrons. The average molecular weight is 554 g/mol. The summed E-state index contributed by atoms with van der Waals surface area (Å²) in [6.07, 6.45) is 4.34. The molecule has 204 valence electrons. The number of benzene rings is 3. The van der Waals surface area contributed by atoms with Crippen LogP contribution in [0.1, 0.15) is 32.6 Å². The maximum Gasteiger partial charge on any atom is 0.534 e. The van der Waals surface area contributed by atoms with Gasteiger partial charge in [-0.25, -0.2) is 0 Å². The van der Waals surface area contributed by atoms with Gasteiger partial charge < -0.3 is 23.7 Å². The summed E-state index contributed by atoms with van der Waals surface area (Å²) in [4.78, 5) is 11.3. The van der Waals surface area contributed by atoms with Gasteiger partial charge in [0.15, 0.2) is 11.5 Å². The topological polar surface area (TPSA) is 100 Å². The Morgan fingerprint density at radius 2 is 1.71 bits per heavy atom. The van der Waals surface area contributed by atoms with Gasteiger partial charge in [-0.3, -0.25) is 4.79 Å². The molecule has 3 aromatic carbocycles. The lowest BCUT2D eigenvalue weighted by Crippen LogP contribution is -2.35. The van der Waals surface area contributed by atoms with Gasteiger partial charge in [0.2, 0.25) is 0 Å². The minimum atomic E-state index is -5.96. The summed E-state index contributed by atoms with van der Waals surface area (Å²) >= 11 is 0. The van der Waals surface area contributed by atoms with Crippen molar-refractivity contribution in [3.05, 3.63) is 54.6 Å². The number of carbonyl (C=O) groups excluding carboxylic acids is 1. The molecule has 1 heterocycles. The molecule has 0 bridgehead atoms. The van der Waals surface area contributed by atoms with E-state index in [-0.39, 0.29) is 22.6 Å². The van der Waals surface area contributed by atoms with Gasteiger partial charge in [-0.2, -0.15) is 21.6 Å². The Morgan fingerprint density at radius 3 is 2.37 bits per heavy atom. The summed E-state index contributed by atoms with van der Waals surface area (Å²) in [5, 5.41) is 4.09. The fourth-order valence-corrected chi connectivity index (χ4v) is 4.50. The number of hydrogen-bond donors (Lipinski definition) is 1. The number of halogens is 3. The van der Waals surface area contributed by atoms with E-state index in [0.717, 1.165) is 25.5 Å². The first-order valence-electron chi connectivity index (χ1n) is 11.9. The van der Waals surface area contributed by atoms with Gasteiger partial charge in [0.05, 0.1) is 6.61 Å². The van der Waals surface area contributed by atoms with Crippen LogP contribution in [-0.4, -0.2) is 39.1 Å². The second-order valence-electron chi connectivity index (χ2n) is 8.71. The molecule has 1 atom stereocenters. The molecular formula is C26H26F3NO7S. The van der Waals surface area contributed by atoms with Crippen LogP contribution in [0, 0.1) is 0 Å². The van der Waals surface area contributed by atoms with E-state index < -0.39 is 27.3 Å². The van der Waals surface area contributed by atoms with Crippen LogP contribution in [0.2, 0.25) is 0 Å². The first-order chi connectivity index (χ1) is 18.0. The van der Waals surface area contributed by atoms with Gasteiger partial charge in [0.1, 0.15) is 17.2 Å². The monoisotopic (exact) mass is 553 g/mol. The fourth-order valence-electron chi connectivity index (χ4n) is 4.04. The van der Waals surface area contributed by atoms with Crippen LogP contribution in [0.4, 0.5) is 13.2 Å². The van der Waals surface area contributed by atoms with E-state index in [9.17, 15) is 26.4 Å². The minimum Gasteiger partial charge on any atom is -0.494 e. The number of rotatable bonds is 9. The molecule has 1 N–H and O–H groups in total. The highest BCUT2D eigenvalue weighted by atomic mass is 32.2. The lowest BCUT2D eigenvalue weighted by molar-refractivity contribution is -0.131. The Balaban J connectivity index is 1.57. The molecule has 1 saturated heterocycles. The molecule has 1 aliphatic heterocycles. The molecule has 3 aromatic rings. The molecule has 8 nitrogen and oxygen atoms in total. The maximum atomic E-state index is 13.0. The fraction of sp³-hybridized carbons (Fsp3) is 0.346. The summed E-state index contributed by atoms with van der Waals surface area (Å²) in [6, 6.07) is 13.4. The Kier molecular flexibility index (Phi) is 8.32. The molecule has 0 amide bonds. The summed E-state index contributed by atoms with van der Waals surface area (Å²) in [5.74, 6) is -0.505. The summed E-state index contributed by atoms with van der Waals surface area (Å²) in [7, 11) is -5.96. The molecule has 38 heavy (non-hydrogen) atoms. The Hall–Kier alpha value is -3.51. The molecule has 1 unspecified atom stereocenters. The zero-order valence-electron chi connectivity index (χ0n) is 20.4. The van der Waals surface area contributed by atoms with Crippen molar-refractivity contribution in [2.24, 2.45) is 0 Å². The van der Waals surface area contributed by atoms with Crippen molar-refractivity contribution in [2.45, 2.75) is 44.2 Å². The van der Waals surface area contributed by atoms with Gasteiger partial charge in [-0.05, 0) is 79.7 Å². The first kappa shape index (κ1) is 27.5. The Labute approximate surface area is 217 Å². The molecule has 0 saturated carbocycles. The number of hydrogen-bond acceptors (Lipinski definition) is 8. The largest absolute Gasteiger partial charge is 0.534 e. The van der Waals surface area contributed by atoms with E-state index in [0.29, 0.717) is 23.8 Å². The lowest BCUT2D eigenvalue weighted by atomic mass is 10.0. The number of piperidine rings is 1. The summed E-state index contributed by atoms with van der Waals surface area (Å²) in [6.45, 7) is 2.74. The summed E-state index contributed by atoms with van der Waals surface area (Å²) < 4.78 is 83.5. The van der Waals surface area contributed by atoms with Crippen molar-refractivity contribution in [1.82, 2.24) is 5.32 Å². The van der Waals surface area contributed by atoms with Crippen molar-refractivity contribution < 1.29 is 44.8 Å². The molecule has 0 aromatic heterocycles. The number of fused-ring (bicyclic) bond motifs is 1. The van der Waals surface area contributed by atoms with Crippen LogP contribution in [-0.2, 0) is 14.9 Å². The maximum absolute atomic E-state index is 13.0. The van der Waals surface area contributed by atoms with Crippen molar-refractivity contribution in [1.29, 1.82) is 0 Å². The minimum absolute atomic E-state index is 0.192. The van der Waals surface area contributed by atoms with Crippen LogP contribution < -0.4 is 23.7 Å². The number of esters is 1. The highest BCUT2D eigenvalue weighted by Gasteiger charge is 2.49. The van der Waals surface area contributed by atoms with Gasteiger partial charge in [-0.1, -0.05) is 12.5 Å². The third-order valence-corrected chi connectivity index (χ3v) is 6.81. The quantitative estimate of drug-likeness (QED) is 0.156. The van der Waals surface area contributed by atoms with E-state index in [1.165, 1.54) is 44.0 Å². The zero-order chi connectivity index (χ0) is 27.3. The molecule has 0 spiro atoms. The third kappa shape index (κ3) is 6.87. The van der Waals surface area contributed by atoms with Crippen LogP contribution in [0.25, 0.3) is 10.8 Å². The molecule has 12 heteroatoms. The van der Waals surface area contributed by atoms with Crippen molar-refractivity contribution in [3.8, 4) is 28.7 Å². The van der Waals surface area contributed by atoms with Gasteiger partial charge in [-0.15, -0.1) is 0 Å². The number of alkyl halides is 3. The van der Waals surface area contributed by atoms with Gasteiger partial charge in [0, 0.05) is 18.4 Å². The SMILES string of the molecule is CC(=O)Oc1ccc2c(Oc3ccc(OCCC4CCCCN4)cc3)c(OS(=O)(=O)C(F)(F)F)ccc2c1. The zero-order valence-corrected chi connectivity index (χ0v) is 21.2.